The Bertz CT molecular complexity index is 613. The summed E-state index contributed by atoms with van der Waals surface area (Å²) in [6, 6.07) is 15.3. The van der Waals surface area contributed by atoms with E-state index in [1.807, 2.05) is 48.3 Å². The van der Waals surface area contributed by atoms with Crippen LogP contribution >= 0.6 is 15.9 Å². The molecule has 0 saturated carbocycles. The monoisotopic (exact) mass is 347 g/mol. The van der Waals surface area contributed by atoms with Crippen LogP contribution in [0.1, 0.15) is 5.56 Å². The zero-order valence-corrected chi connectivity index (χ0v) is 13.4. The zero-order chi connectivity index (χ0) is 15.2. The van der Waals surface area contributed by atoms with Gasteiger partial charge in [-0.25, -0.2) is 0 Å². The van der Waals surface area contributed by atoms with E-state index in [2.05, 4.69) is 21.2 Å². The molecule has 0 atom stereocenters. The van der Waals surface area contributed by atoms with Gasteiger partial charge in [0.05, 0.1) is 17.9 Å². The van der Waals surface area contributed by atoms with Crippen LogP contribution in [0, 0.1) is 0 Å². The van der Waals surface area contributed by atoms with E-state index in [-0.39, 0.29) is 5.91 Å². The number of amides is 1. The van der Waals surface area contributed by atoms with E-state index in [0.29, 0.717) is 24.5 Å². The number of carbonyl (C=O) groups is 1. The standard InChI is InChI=1S/C16H18BrN3O/c1-20(10-12-6-8-13(17)9-7-12)11-16(21)19-15-5-3-2-4-14(15)18/h2-9H,10-11,18H2,1H3,(H,19,21). The molecule has 4 nitrogen and oxygen atoms in total. The fraction of sp³-hybridized carbons (Fsp3) is 0.188. The van der Waals surface area contributed by atoms with Gasteiger partial charge in [-0.15, -0.1) is 0 Å². The summed E-state index contributed by atoms with van der Waals surface area (Å²) in [6.07, 6.45) is 0. The average molecular weight is 348 g/mol. The Morgan fingerprint density at radius 2 is 1.86 bits per heavy atom. The van der Waals surface area contributed by atoms with Crippen LogP contribution in [0.25, 0.3) is 0 Å². The average Bonchev–Trinajstić information content (AvgIpc) is 2.44. The van der Waals surface area contributed by atoms with Crippen molar-refractivity contribution >= 4 is 33.2 Å². The highest BCUT2D eigenvalue weighted by Crippen LogP contribution is 2.16. The van der Waals surface area contributed by atoms with E-state index < -0.39 is 0 Å². The van der Waals surface area contributed by atoms with Gasteiger partial charge in [0.1, 0.15) is 0 Å². The molecule has 0 aliphatic carbocycles. The number of nitrogens with one attached hydrogen (secondary N) is 1. The van der Waals surface area contributed by atoms with Crippen LogP contribution in [0.5, 0.6) is 0 Å². The third-order valence-corrected chi connectivity index (χ3v) is 3.54. The maximum absolute atomic E-state index is 12.0. The van der Waals surface area contributed by atoms with Crippen molar-refractivity contribution in [2.75, 3.05) is 24.6 Å². The van der Waals surface area contributed by atoms with Crippen molar-refractivity contribution in [1.29, 1.82) is 0 Å². The maximum Gasteiger partial charge on any atom is 0.238 e. The quantitative estimate of drug-likeness (QED) is 0.817. The van der Waals surface area contributed by atoms with Crippen molar-refractivity contribution < 1.29 is 4.79 Å². The molecule has 21 heavy (non-hydrogen) atoms. The minimum absolute atomic E-state index is 0.0764. The SMILES string of the molecule is CN(CC(=O)Nc1ccccc1N)Cc1ccc(Br)cc1. The molecule has 110 valence electrons. The number of halogens is 1. The third-order valence-electron chi connectivity index (χ3n) is 3.01. The molecule has 0 saturated heterocycles. The fourth-order valence-corrected chi connectivity index (χ4v) is 2.27. The molecular formula is C16H18BrN3O. The lowest BCUT2D eigenvalue weighted by Crippen LogP contribution is -2.30. The molecule has 1 amide bonds. The van der Waals surface area contributed by atoms with Gasteiger partial charge in [-0.05, 0) is 36.9 Å². The number of nitrogen functional groups attached to an aromatic ring is 1. The molecular weight excluding hydrogens is 330 g/mol. The Morgan fingerprint density at radius 3 is 2.52 bits per heavy atom. The molecule has 0 spiro atoms. The summed E-state index contributed by atoms with van der Waals surface area (Å²) in [7, 11) is 1.91. The van der Waals surface area contributed by atoms with Crippen LogP contribution in [-0.2, 0) is 11.3 Å². The van der Waals surface area contributed by atoms with Crippen LogP contribution in [0.3, 0.4) is 0 Å². The Kier molecular flexibility index (Phi) is 5.36. The number of benzene rings is 2. The van der Waals surface area contributed by atoms with Gasteiger partial charge in [-0.3, -0.25) is 9.69 Å². The summed E-state index contributed by atoms with van der Waals surface area (Å²) in [5.41, 5.74) is 8.19. The lowest BCUT2D eigenvalue weighted by atomic mass is 10.2. The zero-order valence-electron chi connectivity index (χ0n) is 11.8. The Morgan fingerprint density at radius 1 is 1.19 bits per heavy atom. The molecule has 0 unspecified atom stereocenters. The summed E-state index contributed by atoms with van der Waals surface area (Å²) in [4.78, 5) is 14.0. The van der Waals surface area contributed by atoms with Crippen molar-refractivity contribution in [2.45, 2.75) is 6.54 Å². The third kappa shape index (κ3) is 4.88. The summed E-state index contributed by atoms with van der Waals surface area (Å²) >= 11 is 3.41. The van der Waals surface area contributed by atoms with Crippen LogP contribution in [0.2, 0.25) is 0 Å². The van der Waals surface area contributed by atoms with Crippen molar-refractivity contribution in [3.63, 3.8) is 0 Å². The van der Waals surface area contributed by atoms with Crippen molar-refractivity contribution in [1.82, 2.24) is 4.90 Å². The van der Waals surface area contributed by atoms with Crippen LogP contribution in [-0.4, -0.2) is 24.4 Å². The van der Waals surface area contributed by atoms with Crippen molar-refractivity contribution in [2.24, 2.45) is 0 Å². The molecule has 0 radical (unpaired) electrons. The number of carbonyl (C=O) groups excluding carboxylic acids is 1. The number of hydrogen-bond acceptors (Lipinski definition) is 3. The van der Waals surface area contributed by atoms with E-state index in [4.69, 9.17) is 5.73 Å². The molecule has 2 aromatic carbocycles. The predicted octanol–water partition coefficient (Wildman–Crippen LogP) is 3.10. The molecule has 0 bridgehead atoms. The summed E-state index contributed by atoms with van der Waals surface area (Å²) in [5, 5.41) is 2.82. The van der Waals surface area contributed by atoms with Gasteiger partial charge >= 0.3 is 0 Å². The first-order valence-electron chi connectivity index (χ1n) is 6.62. The van der Waals surface area contributed by atoms with Crippen LogP contribution < -0.4 is 11.1 Å². The first-order valence-corrected chi connectivity index (χ1v) is 7.41. The number of para-hydroxylation sites is 2. The van der Waals surface area contributed by atoms with Gasteiger partial charge in [-0.2, -0.15) is 0 Å². The summed E-state index contributed by atoms with van der Waals surface area (Å²) in [6.45, 7) is 1.02. The minimum atomic E-state index is -0.0764. The van der Waals surface area contributed by atoms with E-state index in [1.165, 1.54) is 0 Å². The predicted molar refractivity (Wildman–Crippen MR) is 90.0 cm³/mol. The first-order chi connectivity index (χ1) is 10.0. The smallest absolute Gasteiger partial charge is 0.238 e. The fourth-order valence-electron chi connectivity index (χ4n) is 2.00. The van der Waals surface area contributed by atoms with Gasteiger partial charge in [0, 0.05) is 11.0 Å². The highest BCUT2D eigenvalue weighted by Gasteiger charge is 2.08. The first kappa shape index (κ1) is 15.5. The minimum Gasteiger partial charge on any atom is -0.397 e. The lowest BCUT2D eigenvalue weighted by Gasteiger charge is -2.17. The Labute approximate surface area is 133 Å². The second-order valence-electron chi connectivity index (χ2n) is 4.93. The number of nitrogens with two attached hydrogens (primary N) is 1. The van der Waals surface area contributed by atoms with Gasteiger partial charge in [0.2, 0.25) is 5.91 Å². The number of anilines is 2. The highest BCUT2D eigenvalue weighted by molar-refractivity contribution is 9.10. The normalized spacial score (nSPS) is 10.6. The molecule has 0 aromatic heterocycles. The van der Waals surface area contributed by atoms with Gasteiger partial charge in [0.25, 0.3) is 0 Å². The number of rotatable bonds is 5. The number of nitrogens with zero attached hydrogens (tertiary/aromatic N) is 1. The molecule has 0 heterocycles. The van der Waals surface area contributed by atoms with Crippen molar-refractivity contribution in [3.05, 3.63) is 58.6 Å². The van der Waals surface area contributed by atoms with Gasteiger partial charge < -0.3 is 11.1 Å². The summed E-state index contributed by atoms with van der Waals surface area (Å²) in [5.74, 6) is -0.0764. The van der Waals surface area contributed by atoms with E-state index in [1.54, 1.807) is 12.1 Å². The molecule has 2 aromatic rings. The molecule has 3 N–H and O–H groups in total. The molecule has 0 aliphatic heterocycles. The maximum atomic E-state index is 12.0. The lowest BCUT2D eigenvalue weighted by molar-refractivity contribution is -0.117. The number of likely N-dealkylation sites (N-methyl/N-ethyl adjacent to an activating group) is 1. The van der Waals surface area contributed by atoms with Gasteiger partial charge in [0.15, 0.2) is 0 Å². The molecule has 5 heteroatoms. The second kappa shape index (κ2) is 7.24. The number of hydrogen-bond donors (Lipinski definition) is 2. The van der Waals surface area contributed by atoms with E-state index >= 15 is 0 Å². The highest BCUT2D eigenvalue weighted by atomic mass is 79.9. The molecule has 0 fully saturated rings. The van der Waals surface area contributed by atoms with Gasteiger partial charge in [-0.1, -0.05) is 40.2 Å². The topological polar surface area (TPSA) is 58.4 Å². The molecule has 0 aliphatic rings. The second-order valence-corrected chi connectivity index (χ2v) is 5.85. The van der Waals surface area contributed by atoms with E-state index in [0.717, 1.165) is 10.0 Å². The van der Waals surface area contributed by atoms with E-state index in [9.17, 15) is 4.79 Å². The van der Waals surface area contributed by atoms with Crippen molar-refractivity contribution in [3.8, 4) is 0 Å². The molecule has 2 rings (SSSR count). The summed E-state index contributed by atoms with van der Waals surface area (Å²) < 4.78 is 1.05. The van der Waals surface area contributed by atoms with Crippen LogP contribution in [0.4, 0.5) is 11.4 Å². The largest absolute Gasteiger partial charge is 0.397 e. The Hall–Kier alpha value is -1.85. The Balaban J connectivity index is 1.87. The van der Waals surface area contributed by atoms with Crippen LogP contribution in [0.15, 0.2) is 53.0 Å².